The highest BCUT2D eigenvalue weighted by Gasteiger charge is 2.34. The summed E-state index contributed by atoms with van der Waals surface area (Å²) < 4.78 is 42.5. The monoisotopic (exact) mass is 579 g/mol. The standard InChI is InChI=1S/C32H38FN3O4S/c1-3-24-16-20-28(21-17-24)36(41(39,40)29-12-6-5-7-13-29)23-31(37)35(22-25-14-18-26(33)19-15-25)30(4-2)32(38)34-27-10-8-9-11-27/h5-7,12-21,27,30H,3-4,8-11,22-23H2,1-2H3,(H,34,38)/t30-/m1/s1. The van der Waals surface area contributed by atoms with E-state index < -0.39 is 34.3 Å². The summed E-state index contributed by atoms with van der Waals surface area (Å²) in [7, 11) is -4.12. The van der Waals surface area contributed by atoms with E-state index in [-0.39, 0.29) is 23.4 Å². The molecule has 1 atom stereocenters. The summed E-state index contributed by atoms with van der Waals surface area (Å²) >= 11 is 0. The van der Waals surface area contributed by atoms with Crippen LogP contribution in [0.5, 0.6) is 0 Å². The van der Waals surface area contributed by atoms with Gasteiger partial charge in [0.2, 0.25) is 11.8 Å². The molecule has 218 valence electrons. The fourth-order valence-electron chi connectivity index (χ4n) is 5.22. The Morgan fingerprint density at radius 1 is 0.902 bits per heavy atom. The van der Waals surface area contributed by atoms with Crippen LogP contribution in [-0.2, 0) is 32.6 Å². The quantitative estimate of drug-likeness (QED) is 0.309. The molecule has 41 heavy (non-hydrogen) atoms. The fourth-order valence-corrected chi connectivity index (χ4v) is 6.66. The average molecular weight is 580 g/mol. The van der Waals surface area contributed by atoms with Gasteiger partial charge >= 0.3 is 0 Å². The lowest BCUT2D eigenvalue weighted by Gasteiger charge is -2.33. The molecule has 0 saturated heterocycles. The Labute approximate surface area is 242 Å². The summed E-state index contributed by atoms with van der Waals surface area (Å²) in [5, 5.41) is 3.09. The topological polar surface area (TPSA) is 86.8 Å². The fraction of sp³-hybridized carbons (Fsp3) is 0.375. The molecule has 1 fully saturated rings. The number of nitrogens with zero attached hydrogens (tertiary/aromatic N) is 2. The second-order valence-electron chi connectivity index (χ2n) is 10.4. The zero-order valence-electron chi connectivity index (χ0n) is 23.6. The van der Waals surface area contributed by atoms with Crippen LogP contribution in [0.15, 0.2) is 83.8 Å². The smallest absolute Gasteiger partial charge is 0.264 e. The molecule has 0 spiro atoms. The Morgan fingerprint density at radius 2 is 1.51 bits per heavy atom. The number of halogens is 1. The molecule has 0 aliphatic heterocycles. The van der Waals surface area contributed by atoms with Crippen LogP contribution in [0.1, 0.15) is 57.1 Å². The Hall–Kier alpha value is -3.72. The molecular formula is C32H38FN3O4S. The lowest BCUT2D eigenvalue weighted by Crippen LogP contribution is -2.53. The molecule has 9 heteroatoms. The zero-order chi connectivity index (χ0) is 29.4. The summed E-state index contributed by atoms with van der Waals surface area (Å²) in [6.45, 7) is 3.36. The third-order valence-corrected chi connectivity index (χ3v) is 9.38. The van der Waals surface area contributed by atoms with E-state index in [9.17, 15) is 22.4 Å². The Balaban J connectivity index is 1.70. The Bertz CT molecular complexity index is 1410. The van der Waals surface area contributed by atoms with Crippen molar-refractivity contribution >= 4 is 27.5 Å². The first-order chi connectivity index (χ1) is 19.7. The van der Waals surface area contributed by atoms with Crippen LogP contribution in [0.4, 0.5) is 10.1 Å². The van der Waals surface area contributed by atoms with Gasteiger partial charge in [-0.3, -0.25) is 13.9 Å². The molecule has 4 rings (SSSR count). The normalized spacial score (nSPS) is 14.4. The van der Waals surface area contributed by atoms with E-state index in [1.165, 1.54) is 29.2 Å². The van der Waals surface area contributed by atoms with Gasteiger partial charge in [0.25, 0.3) is 10.0 Å². The van der Waals surface area contributed by atoms with Crippen LogP contribution in [0.3, 0.4) is 0 Å². The van der Waals surface area contributed by atoms with Gasteiger partial charge in [-0.1, -0.05) is 69.2 Å². The number of nitrogens with one attached hydrogen (secondary N) is 1. The van der Waals surface area contributed by atoms with Crippen molar-refractivity contribution in [1.82, 2.24) is 10.2 Å². The van der Waals surface area contributed by atoms with Gasteiger partial charge in [0.1, 0.15) is 18.4 Å². The van der Waals surface area contributed by atoms with Crippen molar-refractivity contribution in [3.05, 3.63) is 95.8 Å². The van der Waals surface area contributed by atoms with Crippen LogP contribution in [0, 0.1) is 5.82 Å². The molecule has 0 aromatic heterocycles. The molecule has 1 N–H and O–H groups in total. The van der Waals surface area contributed by atoms with Gasteiger partial charge in [-0.05, 0) is 73.2 Å². The van der Waals surface area contributed by atoms with Crippen LogP contribution in [0.2, 0.25) is 0 Å². The molecule has 3 aromatic rings. The summed E-state index contributed by atoms with van der Waals surface area (Å²) in [5.41, 5.74) is 2.02. The molecule has 0 radical (unpaired) electrons. The third-order valence-electron chi connectivity index (χ3n) is 7.60. The maximum atomic E-state index is 14.1. The molecule has 1 aliphatic carbocycles. The average Bonchev–Trinajstić information content (AvgIpc) is 3.50. The molecule has 7 nitrogen and oxygen atoms in total. The van der Waals surface area contributed by atoms with Crippen molar-refractivity contribution < 1.29 is 22.4 Å². The lowest BCUT2D eigenvalue weighted by atomic mass is 10.1. The summed E-state index contributed by atoms with van der Waals surface area (Å²) in [5.74, 6) is -1.20. The highest BCUT2D eigenvalue weighted by molar-refractivity contribution is 7.92. The second-order valence-corrected chi connectivity index (χ2v) is 12.3. The molecule has 1 saturated carbocycles. The summed E-state index contributed by atoms with van der Waals surface area (Å²) in [4.78, 5) is 29.1. The van der Waals surface area contributed by atoms with Crippen molar-refractivity contribution in [2.75, 3.05) is 10.8 Å². The number of amides is 2. The first-order valence-electron chi connectivity index (χ1n) is 14.2. The molecule has 3 aromatic carbocycles. The van der Waals surface area contributed by atoms with E-state index in [0.29, 0.717) is 17.7 Å². The number of benzene rings is 3. The van der Waals surface area contributed by atoms with Crippen molar-refractivity contribution in [1.29, 1.82) is 0 Å². The third kappa shape index (κ3) is 7.52. The second kappa shape index (κ2) is 13.8. The molecule has 1 aliphatic rings. The minimum absolute atomic E-state index is 0.0315. The van der Waals surface area contributed by atoms with E-state index >= 15 is 0 Å². The maximum Gasteiger partial charge on any atom is 0.264 e. The van der Waals surface area contributed by atoms with E-state index in [1.54, 1.807) is 42.5 Å². The molecule has 0 bridgehead atoms. The molecule has 0 unspecified atom stereocenters. The number of carbonyl (C=O) groups is 2. The van der Waals surface area contributed by atoms with Gasteiger partial charge in [-0.25, -0.2) is 12.8 Å². The summed E-state index contributed by atoms with van der Waals surface area (Å²) in [6, 6.07) is 20.0. The van der Waals surface area contributed by atoms with Gasteiger partial charge in [-0.15, -0.1) is 0 Å². The van der Waals surface area contributed by atoms with Crippen molar-refractivity contribution in [2.24, 2.45) is 0 Å². The number of hydrogen-bond donors (Lipinski definition) is 1. The summed E-state index contributed by atoms with van der Waals surface area (Å²) in [6.07, 6.45) is 4.99. The Morgan fingerprint density at radius 3 is 2.10 bits per heavy atom. The number of rotatable bonds is 12. The number of carbonyl (C=O) groups excluding carboxylic acids is 2. The predicted octanol–water partition coefficient (Wildman–Crippen LogP) is 5.45. The van der Waals surface area contributed by atoms with Gasteiger partial charge in [0, 0.05) is 12.6 Å². The van der Waals surface area contributed by atoms with Gasteiger partial charge in [0.15, 0.2) is 0 Å². The predicted molar refractivity (Wildman–Crippen MR) is 158 cm³/mol. The van der Waals surface area contributed by atoms with Crippen LogP contribution < -0.4 is 9.62 Å². The van der Waals surface area contributed by atoms with E-state index in [0.717, 1.165) is 42.0 Å². The highest BCUT2D eigenvalue weighted by Crippen LogP contribution is 2.26. The molecule has 2 amide bonds. The van der Waals surface area contributed by atoms with Gasteiger partial charge in [-0.2, -0.15) is 0 Å². The number of hydrogen-bond acceptors (Lipinski definition) is 4. The molecule has 0 heterocycles. The maximum absolute atomic E-state index is 14.1. The van der Waals surface area contributed by atoms with Gasteiger partial charge in [0.05, 0.1) is 10.6 Å². The largest absolute Gasteiger partial charge is 0.352 e. The Kier molecular flexibility index (Phi) is 10.2. The van der Waals surface area contributed by atoms with Crippen LogP contribution in [0.25, 0.3) is 0 Å². The van der Waals surface area contributed by atoms with Gasteiger partial charge < -0.3 is 10.2 Å². The van der Waals surface area contributed by atoms with Crippen LogP contribution in [-0.4, -0.2) is 43.8 Å². The number of sulfonamides is 1. The highest BCUT2D eigenvalue weighted by atomic mass is 32.2. The van der Waals surface area contributed by atoms with E-state index in [2.05, 4.69) is 5.32 Å². The van der Waals surface area contributed by atoms with E-state index in [4.69, 9.17) is 0 Å². The zero-order valence-corrected chi connectivity index (χ0v) is 24.4. The van der Waals surface area contributed by atoms with Crippen LogP contribution >= 0.6 is 0 Å². The molecular weight excluding hydrogens is 541 g/mol. The van der Waals surface area contributed by atoms with Crippen molar-refractivity contribution in [3.63, 3.8) is 0 Å². The van der Waals surface area contributed by atoms with E-state index in [1.807, 2.05) is 26.0 Å². The van der Waals surface area contributed by atoms with Crippen molar-refractivity contribution in [2.45, 2.75) is 75.9 Å². The number of aryl methyl sites for hydroxylation is 1. The number of anilines is 1. The minimum Gasteiger partial charge on any atom is -0.352 e. The first kappa shape index (κ1) is 30.2. The SMILES string of the molecule is CCc1ccc(N(CC(=O)N(Cc2ccc(F)cc2)[C@H](CC)C(=O)NC2CCCC2)S(=O)(=O)c2ccccc2)cc1. The minimum atomic E-state index is -4.12. The first-order valence-corrected chi connectivity index (χ1v) is 15.7. The van der Waals surface area contributed by atoms with Crippen molar-refractivity contribution in [3.8, 4) is 0 Å². The lowest BCUT2D eigenvalue weighted by molar-refractivity contribution is -0.140.